The molecule has 3 rings (SSSR count). The minimum atomic E-state index is -5.12. The molecule has 0 aliphatic rings. The molecule has 0 unspecified atom stereocenters. The van der Waals surface area contributed by atoms with Gasteiger partial charge >= 0.3 is 54.1 Å². The molecular formula is C31H34F9N4NaO3. The van der Waals surface area contributed by atoms with Crippen LogP contribution in [-0.4, -0.2) is 70.3 Å². The molecule has 1 heterocycles. The number of hydrogen-bond donors (Lipinski definition) is 1. The molecule has 0 fully saturated rings. The predicted molar refractivity (Wildman–Crippen MR) is 162 cm³/mol. The molecule has 1 N–H and O–H groups in total. The Bertz CT molecular complexity index is 1450. The van der Waals surface area contributed by atoms with Gasteiger partial charge in [-0.1, -0.05) is 13.3 Å². The summed E-state index contributed by atoms with van der Waals surface area (Å²) in [5, 5.41) is 8.77. The second kappa shape index (κ2) is 17.4. The van der Waals surface area contributed by atoms with E-state index in [1.165, 1.54) is 11.0 Å². The Labute approximate surface area is 293 Å². The number of nitrogens with zero attached hydrogens (tertiary/aromatic N) is 4. The molecule has 0 radical (unpaired) electrons. The number of carbonyl (C=O) groups is 1. The van der Waals surface area contributed by atoms with Crippen molar-refractivity contribution >= 4 is 47.2 Å². The van der Waals surface area contributed by atoms with Crippen molar-refractivity contribution in [1.29, 1.82) is 0 Å². The van der Waals surface area contributed by atoms with Crippen molar-refractivity contribution in [3.63, 3.8) is 0 Å². The van der Waals surface area contributed by atoms with Gasteiger partial charge in [0.2, 0.25) is 5.95 Å². The Morgan fingerprint density at radius 2 is 1.38 bits per heavy atom. The number of unbranched alkanes of at least 4 members (excludes halogenated alkanes) is 1. The second-order valence-electron chi connectivity index (χ2n) is 10.6. The SMILES string of the molecule is CCCCN(CC)c1ccc(C(F)(F)F)cc1CN(Cc1cc(C(F)(F)F)cc(C(F)(F)F)c1)c1ncc(OCCCC(=O)O)cn1.[NaH]. The van der Waals surface area contributed by atoms with Crippen molar-refractivity contribution in [2.45, 2.75) is 71.1 Å². The molecule has 2 aromatic carbocycles. The summed E-state index contributed by atoms with van der Waals surface area (Å²) in [6, 6.07) is 4.15. The van der Waals surface area contributed by atoms with Gasteiger partial charge in [-0.2, -0.15) is 39.5 Å². The van der Waals surface area contributed by atoms with Gasteiger partial charge < -0.3 is 19.6 Å². The average molecular weight is 705 g/mol. The van der Waals surface area contributed by atoms with E-state index in [4.69, 9.17) is 9.84 Å². The molecule has 0 amide bonds. The Hall–Kier alpha value is -3.24. The summed E-state index contributed by atoms with van der Waals surface area (Å²) in [6.07, 6.45) is -11.2. The number of hydrogen-bond acceptors (Lipinski definition) is 6. The molecular weight excluding hydrogens is 670 g/mol. The number of alkyl halides is 9. The predicted octanol–water partition coefficient (Wildman–Crippen LogP) is 7.96. The van der Waals surface area contributed by atoms with Crippen LogP contribution in [0, 0.1) is 0 Å². The first kappa shape index (κ1) is 40.9. The zero-order chi connectivity index (χ0) is 35.0. The summed E-state index contributed by atoms with van der Waals surface area (Å²) in [4.78, 5) is 22.0. The Balaban J connectivity index is 0.00000800. The monoisotopic (exact) mass is 704 g/mol. The Morgan fingerprint density at radius 1 is 0.792 bits per heavy atom. The zero-order valence-electron chi connectivity index (χ0n) is 25.4. The topological polar surface area (TPSA) is 78.8 Å². The van der Waals surface area contributed by atoms with E-state index in [9.17, 15) is 44.3 Å². The van der Waals surface area contributed by atoms with Gasteiger partial charge in [0.15, 0.2) is 5.75 Å². The molecule has 260 valence electrons. The van der Waals surface area contributed by atoms with E-state index in [-0.39, 0.29) is 72.3 Å². The van der Waals surface area contributed by atoms with E-state index < -0.39 is 59.8 Å². The molecule has 0 aliphatic carbocycles. The van der Waals surface area contributed by atoms with Crippen LogP contribution in [0.15, 0.2) is 48.8 Å². The number of aromatic nitrogens is 2. The van der Waals surface area contributed by atoms with Crippen molar-refractivity contribution in [2.75, 3.05) is 29.5 Å². The van der Waals surface area contributed by atoms with Gasteiger partial charge in [-0.15, -0.1) is 0 Å². The Morgan fingerprint density at radius 3 is 1.88 bits per heavy atom. The van der Waals surface area contributed by atoms with Crippen LogP contribution in [0.25, 0.3) is 0 Å². The third kappa shape index (κ3) is 12.0. The molecule has 0 saturated carbocycles. The number of benzene rings is 2. The summed E-state index contributed by atoms with van der Waals surface area (Å²) in [5.41, 5.74) is -4.03. The van der Waals surface area contributed by atoms with Gasteiger partial charge in [-0.25, -0.2) is 9.97 Å². The number of aliphatic carboxylic acids is 1. The summed E-state index contributed by atoms with van der Waals surface area (Å²) >= 11 is 0. The molecule has 0 spiro atoms. The third-order valence-corrected chi connectivity index (χ3v) is 6.99. The van der Waals surface area contributed by atoms with Crippen LogP contribution in [-0.2, 0) is 36.4 Å². The second-order valence-corrected chi connectivity index (χ2v) is 10.6. The van der Waals surface area contributed by atoms with E-state index in [1.807, 2.05) is 11.8 Å². The number of anilines is 2. The molecule has 3 aromatic rings. The van der Waals surface area contributed by atoms with E-state index in [1.54, 1.807) is 6.92 Å². The molecule has 0 bridgehead atoms. The van der Waals surface area contributed by atoms with Crippen molar-refractivity contribution in [3.8, 4) is 5.75 Å². The number of halogens is 9. The quantitative estimate of drug-likeness (QED) is 0.0978. The van der Waals surface area contributed by atoms with E-state index in [0.717, 1.165) is 30.9 Å². The van der Waals surface area contributed by atoms with Crippen molar-refractivity contribution in [3.05, 3.63) is 76.6 Å². The molecule has 48 heavy (non-hydrogen) atoms. The summed E-state index contributed by atoms with van der Waals surface area (Å²) in [5.74, 6) is -1.16. The standard InChI is InChI=1S/C31H33F9N4O3.Na.H/c1-3-5-10-43(4-2)26-9-8-22(29(32,33)34)14-21(26)19-44(28-41-16-25(17-42-28)47-11-6-7-27(45)46)18-20-12-23(30(35,36)37)15-24(13-20)31(38,39)40;;/h8-9,12-17H,3-7,10-11,18-19H2,1-2H3,(H,45,46);;. The van der Waals surface area contributed by atoms with Crippen LogP contribution in [0.1, 0.15) is 67.3 Å². The minimum absolute atomic E-state index is 0. The molecule has 0 atom stereocenters. The molecule has 0 aliphatic heterocycles. The number of carboxylic acid groups (broad SMARTS) is 1. The maximum absolute atomic E-state index is 13.8. The average Bonchev–Trinajstić information content (AvgIpc) is 2.98. The van der Waals surface area contributed by atoms with Gasteiger partial charge in [0.1, 0.15) is 0 Å². The van der Waals surface area contributed by atoms with Crippen molar-refractivity contribution < 1.29 is 54.2 Å². The van der Waals surface area contributed by atoms with Crippen LogP contribution in [0.5, 0.6) is 5.75 Å². The van der Waals surface area contributed by atoms with Gasteiger partial charge in [-0.05, 0) is 67.3 Å². The number of carboxylic acids is 1. The number of ether oxygens (including phenoxy) is 1. The first-order valence-electron chi connectivity index (χ1n) is 14.6. The fraction of sp³-hybridized carbons (Fsp3) is 0.452. The van der Waals surface area contributed by atoms with Crippen LogP contribution < -0.4 is 14.5 Å². The summed E-state index contributed by atoms with van der Waals surface area (Å²) in [7, 11) is 0. The van der Waals surface area contributed by atoms with E-state index in [2.05, 4.69) is 9.97 Å². The van der Waals surface area contributed by atoms with Gasteiger partial charge in [0.25, 0.3) is 0 Å². The van der Waals surface area contributed by atoms with Crippen LogP contribution in [0.4, 0.5) is 51.1 Å². The first-order valence-corrected chi connectivity index (χ1v) is 14.6. The molecule has 1 aromatic heterocycles. The first-order chi connectivity index (χ1) is 21.9. The fourth-order valence-electron chi connectivity index (χ4n) is 4.69. The van der Waals surface area contributed by atoms with Crippen LogP contribution in [0.3, 0.4) is 0 Å². The van der Waals surface area contributed by atoms with Gasteiger partial charge in [0, 0.05) is 38.3 Å². The third-order valence-electron chi connectivity index (χ3n) is 6.99. The van der Waals surface area contributed by atoms with E-state index in [0.29, 0.717) is 37.3 Å². The van der Waals surface area contributed by atoms with Gasteiger partial charge in [-0.3, -0.25) is 4.79 Å². The Kier molecular flexibility index (Phi) is 14.9. The number of rotatable bonds is 15. The zero-order valence-corrected chi connectivity index (χ0v) is 25.4. The van der Waals surface area contributed by atoms with Crippen LogP contribution in [0.2, 0.25) is 0 Å². The van der Waals surface area contributed by atoms with Crippen LogP contribution >= 0.6 is 0 Å². The van der Waals surface area contributed by atoms with Crippen molar-refractivity contribution in [2.24, 2.45) is 0 Å². The molecule has 7 nitrogen and oxygen atoms in total. The summed E-state index contributed by atoms with van der Waals surface area (Å²) < 4.78 is 129. The summed E-state index contributed by atoms with van der Waals surface area (Å²) in [6.45, 7) is 3.56. The van der Waals surface area contributed by atoms with Gasteiger partial charge in [0.05, 0.1) is 35.7 Å². The normalized spacial score (nSPS) is 12.0. The van der Waals surface area contributed by atoms with E-state index >= 15 is 0 Å². The maximum atomic E-state index is 13.8. The molecule has 0 saturated heterocycles. The fourth-order valence-corrected chi connectivity index (χ4v) is 4.69. The molecule has 17 heteroatoms. The van der Waals surface area contributed by atoms with Crippen molar-refractivity contribution in [1.82, 2.24) is 9.97 Å².